The van der Waals surface area contributed by atoms with Crippen LogP contribution in [0.3, 0.4) is 0 Å². The van der Waals surface area contributed by atoms with E-state index in [1.165, 1.54) is 11.3 Å². The Hall–Kier alpha value is -0.770. The molecule has 1 N–H and O–H groups in total. The number of nitrogens with zero attached hydrogens (tertiary/aromatic N) is 2. The van der Waals surface area contributed by atoms with E-state index >= 15 is 0 Å². The van der Waals surface area contributed by atoms with E-state index in [0.29, 0.717) is 0 Å². The minimum atomic E-state index is 0.200. The van der Waals surface area contributed by atoms with Crippen LogP contribution >= 0.6 is 11.6 Å². The predicted octanol–water partition coefficient (Wildman–Crippen LogP) is 3.37. The topological polar surface area (TPSA) is 18.5 Å². The Morgan fingerprint density at radius 2 is 2.05 bits per heavy atom. The van der Waals surface area contributed by atoms with E-state index in [2.05, 4.69) is 61.1 Å². The lowest BCUT2D eigenvalue weighted by Crippen LogP contribution is -2.57. The van der Waals surface area contributed by atoms with E-state index in [4.69, 9.17) is 11.6 Å². The maximum Gasteiger partial charge on any atom is 0.0471 e. The van der Waals surface area contributed by atoms with E-state index in [1.807, 2.05) is 0 Å². The van der Waals surface area contributed by atoms with Crippen LogP contribution in [0.15, 0.2) is 18.2 Å². The summed E-state index contributed by atoms with van der Waals surface area (Å²) in [6, 6.07) is 6.48. The summed E-state index contributed by atoms with van der Waals surface area (Å²) in [6.07, 6.45) is 1.14. The van der Waals surface area contributed by atoms with Gasteiger partial charge in [0.2, 0.25) is 0 Å². The zero-order valence-electron chi connectivity index (χ0n) is 13.7. The number of nitrogens with one attached hydrogen (secondary N) is 1. The molecule has 0 aromatic heterocycles. The second kappa shape index (κ2) is 6.99. The standard InChI is InChI=1S/C17H28ClN3/c1-5-8-19-12-14-6-7-15(11-16(14)18)21-10-9-20(4)17(2,3)13-21/h6-7,11,19H,5,8-10,12-13H2,1-4H3. The van der Waals surface area contributed by atoms with Gasteiger partial charge in [-0.25, -0.2) is 0 Å². The Kier molecular flexibility index (Phi) is 5.53. The van der Waals surface area contributed by atoms with Crippen molar-refractivity contribution in [2.45, 2.75) is 39.3 Å². The van der Waals surface area contributed by atoms with Gasteiger partial charge in [-0.05, 0) is 51.6 Å². The quantitative estimate of drug-likeness (QED) is 0.841. The molecule has 2 rings (SSSR count). The monoisotopic (exact) mass is 309 g/mol. The molecule has 1 heterocycles. The number of benzene rings is 1. The fraction of sp³-hybridized carbons (Fsp3) is 0.647. The highest BCUT2D eigenvalue weighted by Crippen LogP contribution is 2.28. The van der Waals surface area contributed by atoms with Crippen LogP contribution in [0.5, 0.6) is 0 Å². The Balaban J connectivity index is 2.06. The third-order valence-electron chi connectivity index (χ3n) is 4.46. The molecule has 1 aromatic rings. The first-order valence-corrected chi connectivity index (χ1v) is 8.27. The molecule has 4 heteroatoms. The van der Waals surface area contributed by atoms with Crippen molar-refractivity contribution >= 4 is 17.3 Å². The third-order valence-corrected chi connectivity index (χ3v) is 4.81. The molecule has 1 fully saturated rings. The molecule has 1 aromatic carbocycles. The SMILES string of the molecule is CCCNCc1ccc(N2CCN(C)C(C)(C)C2)cc1Cl. The van der Waals surface area contributed by atoms with Crippen molar-refractivity contribution < 1.29 is 0 Å². The van der Waals surface area contributed by atoms with Gasteiger partial charge in [-0.2, -0.15) is 0 Å². The molecular formula is C17H28ClN3. The molecular weight excluding hydrogens is 282 g/mol. The van der Waals surface area contributed by atoms with Crippen LogP contribution < -0.4 is 10.2 Å². The molecule has 1 saturated heterocycles. The maximum atomic E-state index is 6.45. The number of halogens is 1. The average Bonchev–Trinajstić information content (AvgIpc) is 2.44. The van der Waals surface area contributed by atoms with E-state index in [9.17, 15) is 0 Å². The largest absolute Gasteiger partial charge is 0.368 e. The molecule has 0 spiro atoms. The Morgan fingerprint density at radius 3 is 2.67 bits per heavy atom. The van der Waals surface area contributed by atoms with Crippen LogP contribution in [0.1, 0.15) is 32.8 Å². The zero-order valence-corrected chi connectivity index (χ0v) is 14.5. The first kappa shape index (κ1) is 16.6. The molecule has 118 valence electrons. The average molecular weight is 310 g/mol. The summed E-state index contributed by atoms with van der Waals surface area (Å²) < 4.78 is 0. The Bertz CT molecular complexity index is 473. The van der Waals surface area contributed by atoms with Crippen molar-refractivity contribution in [1.29, 1.82) is 0 Å². The van der Waals surface area contributed by atoms with Gasteiger partial charge in [0.1, 0.15) is 0 Å². The smallest absolute Gasteiger partial charge is 0.0471 e. The molecule has 1 aliphatic heterocycles. The maximum absolute atomic E-state index is 6.45. The molecule has 0 aliphatic carbocycles. The van der Waals surface area contributed by atoms with Crippen molar-refractivity contribution in [1.82, 2.24) is 10.2 Å². The Morgan fingerprint density at radius 1 is 1.29 bits per heavy atom. The van der Waals surface area contributed by atoms with Crippen molar-refractivity contribution in [3.05, 3.63) is 28.8 Å². The number of hydrogen-bond donors (Lipinski definition) is 1. The summed E-state index contributed by atoms with van der Waals surface area (Å²) in [5, 5.41) is 4.27. The lowest BCUT2D eigenvalue weighted by Gasteiger charge is -2.46. The highest BCUT2D eigenvalue weighted by atomic mass is 35.5. The fourth-order valence-corrected chi connectivity index (χ4v) is 2.98. The summed E-state index contributed by atoms with van der Waals surface area (Å²) in [4.78, 5) is 4.86. The van der Waals surface area contributed by atoms with E-state index in [1.54, 1.807) is 0 Å². The summed E-state index contributed by atoms with van der Waals surface area (Å²) in [5.41, 5.74) is 2.62. The highest BCUT2D eigenvalue weighted by Gasteiger charge is 2.31. The number of likely N-dealkylation sites (N-methyl/N-ethyl adjacent to an activating group) is 1. The highest BCUT2D eigenvalue weighted by molar-refractivity contribution is 6.31. The minimum absolute atomic E-state index is 0.200. The second-order valence-corrected chi connectivity index (χ2v) is 7.02. The van der Waals surface area contributed by atoms with Crippen molar-refractivity contribution in [3.8, 4) is 0 Å². The van der Waals surface area contributed by atoms with Gasteiger partial charge < -0.3 is 10.2 Å². The van der Waals surface area contributed by atoms with Crippen molar-refractivity contribution in [3.63, 3.8) is 0 Å². The summed E-state index contributed by atoms with van der Waals surface area (Å²) in [6.45, 7) is 11.8. The van der Waals surface area contributed by atoms with E-state index in [-0.39, 0.29) is 5.54 Å². The van der Waals surface area contributed by atoms with Gasteiger partial charge in [-0.15, -0.1) is 0 Å². The summed E-state index contributed by atoms with van der Waals surface area (Å²) in [5.74, 6) is 0. The lowest BCUT2D eigenvalue weighted by atomic mass is 9.99. The first-order chi connectivity index (χ1) is 9.94. The molecule has 0 bridgehead atoms. The number of anilines is 1. The van der Waals surface area contributed by atoms with Gasteiger partial charge in [-0.3, -0.25) is 4.90 Å². The predicted molar refractivity (Wildman–Crippen MR) is 92.4 cm³/mol. The van der Waals surface area contributed by atoms with Crippen LogP contribution in [0, 0.1) is 0 Å². The van der Waals surface area contributed by atoms with E-state index in [0.717, 1.165) is 44.2 Å². The molecule has 21 heavy (non-hydrogen) atoms. The van der Waals surface area contributed by atoms with Crippen LogP contribution in [0.4, 0.5) is 5.69 Å². The van der Waals surface area contributed by atoms with Gasteiger partial charge in [0, 0.05) is 42.4 Å². The van der Waals surface area contributed by atoms with Crippen LogP contribution in [-0.2, 0) is 6.54 Å². The lowest BCUT2D eigenvalue weighted by molar-refractivity contribution is 0.139. The van der Waals surface area contributed by atoms with Gasteiger partial charge in [0.25, 0.3) is 0 Å². The molecule has 0 atom stereocenters. The molecule has 0 saturated carbocycles. The number of rotatable bonds is 5. The first-order valence-electron chi connectivity index (χ1n) is 7.89. The van der Waals surface area contributed by atoms with Crippen molar-refractivity contribution in [2.75, 3.05) is 38.1 Å². The van der Waals surface area contributed by atoms with Crippen LogP contribution in [-0.4, -0.2) is 43.7 Å². The third kappa shape index (κ3) is 4.12. The Labute approximate surface area is 134 Å². The van der Waals surface area contributed by atoms with Gasteiger partial charge in [0.05, 0.1) is 0 Å². The van der Waals surface area contributed by atoms with Gasteiger partial charge in [0.15, 0.2) is 0 Å². The van der Waals surface area contributed by atoms with Gasteiger partial charge in [-0.1, -0.05) is 24.6 Å². The molecule has 0 unspecified atom stereocenters. The van der Waals surface area contributed by atoms with Crippen LogP contribution in [0.25, 0.3) is 0 Å². The zero-order chi connectivity index (χ0) is 15.5. The minimum Gasteiger partial charge on any atom is -0.368 e. The number of piperazine rings is 1. The summed E-state index contributed by atoms with van der Waals surface area (Å²) >= 11 is 6.45. The second-order valence-electron chi connectivity index (χ2n) is 6.61. The van der Waals surface area contributed by atoms with Gasteiger partial charge >= 0.3 is 0 Å². The molecule has 0 amide bonds. The van der Waals surface area contributed by atoms with Crippen molar-refractivity contribution in [2.24, 2.45) is 0 Å². The normalized spacial score (nSPS) is 19.0. The molecule has 0 radical (unpaired) electrons. The molecule has 3 nitrogen and oxygen atoms in total. The fourth-order valence-electron chi connectivity index (χ4n) is 2.74. The summed E-state index contributed by atoms with van der Waals surface area (Å²) in [7, 11) is 2.20. The van der Waals surface area contributed by atoms with Crippen LogP contribution in [0.2, 0.25) is 5.02 Å². The molecule has 1 aliphatic rings. The van der Waals surface area contributed by atoms with E-state index < -0.39 is 0 Å². The number of hydrogen-bond acceptors (Lipinski definition) is 3.